The molecule has 2 aromatic rings. The lowest BCUT2D eigenvalue weighted by atomic mass is 10.00. The van der Waals surface area contributed by atoms with Crippen LogP contribution in [0.4, 0.5) is 16.2 Å². The molecule has 4 rings (SSSR count). The number of hydrogen-bond acceptors (Lipinski definition) is 6. The van der Waals surface area contributed by atoms with E-state index in [9.17, 15) is 14.7 Å². The summed E-state index contributed by atoms with van der Waals surface area (Å²) in [6.45, 7) is 7.65. The molecule has 0 saturated carbocycles. The number of nitrogens with zero attached hydrogens (tertiary/aromatic N) is 3. The maximum absolute atomic E-state index is 12.7. The third-order valence-electron chi connectivity index (χ3n) is 5.62. The maximum Gasteiger partial charge on any atom is 0.410 e. The van der Waals surface area contributed by atoms with Gasteiger partial charge in [0.25, 0.3) is 5.91 Å². The molecule has 8 heteroatoms. The van der Waals surface area contributed by atoms with Gasteiger partial charge >= 0.3 is 6.09 Å². The third kappa shape index (κ3) is 5.17. The number of anilines is 2. The van der Waals surface area contributed by atoms with E-state index in [2.05, 4.69) is 15.2 Å². The molecule has 0 aliphatic carbocycles. The van der Waals surface area contributed by atoms with Gasteiger partial charge in [-0.05, 0) is 39.0 Å². The molecule has 2 N–H and O–H groups in total. The van der Waals surface area contributed by atoms with Gasteiger partial charge in [0.2, 0.25) is 0 Å². The Kier molecular flexibility index (Phi) is 6.37. The summed E-state index contributed by atoms with van der Waals surface area (Å²) in [7, 11) is 0. The highest BCUT2D eigenvalue weighted by Crippen LogP contribution is 2.29. The summed E-state index contributed by atoms with van der Waals surface area (Å²) in [5.74, 6) is -0.337. The smallest absolute Gasteiger partial charge is 0.410 e. The number of fused-ring (bicyclic) bond motifs is 1. The van der Waals surface area contributed by atoms with Crippen LogP contribution in [0.15, 0.2) is 53.5 Å². The molecule has 0 bridgehead atoms. The van der Waals surface area contributed by atoms with Gasteiger partial charge < -0.3 is 25.0 Å². The fourth-order valence-corrected chi connectivity index (χ4v) is 3.96. The van der Waals surface area contributed by atoms with Gasteiger partial charge in [0, 0.05) is 43.0 Å². The van der Waals surface area contributed by atoms with Crippen molar-refractivity contribution in [1.82, 2.24) is 4.90 Å². The van der Waals surface area contributed by atoms with Gasteiger partial charge in [0.15, 0.2) is 6.04 Å². The van der Waals surface area contributed by atoms with Gasteiger partial charge in [-0.1, -0.05) is 30.3 Å². The highest BCUT2D eigenvalue weighted by Gasteiger charge is 2.28. The molecule has 2 heterocycles. The Balaban J connectivity index is 1.56. The Morgan fingerprint density at radius 2 is 1.82 bits per heavy atom. The Morgan fingerprint density at radius 1 is 1.12 bits per heavy atom. The Hall–Kier alpha value is -3.39. The number of rotatable bonds is 3. The van der Waals surface area contributed by atoms with E-state index in [-0.39, 0.29) is 18.6 Å². The second-order valence-corrected chi connectivity index (χ2v) is 9.22. The van der Waals surface area contributed by atoms with Crippen LogP contribution in [0.2, 0.25) is 0 Å². The lowest BCUT2D eigenvalue weighted by molar-refractivity contribution is -0.118. The van der Waals surface area contributed by atoms with E-state index >= 15 is 0 Å². The first-order valence-corrected chi connectivity index (χ1v) is 11.2. The van der Waals surface area contributed by atoms with E-state index in [4.69, 9.17) is 4.74 Å². The minimum absolute atomic E-state index is 0.296. The minimum Gasteiger partial charge on any atom is -0.444 e. The Bertz CT molecular complexity index is 1050. The molecule has 8 nitrogen and oxygen atoms in total. The molecule has 0 radical (unpaired) electrons. The second kappa shape index (κ2) is 9.23. The fourth-order valence-electron chi connectivity index (χ4n) is 3.96. The zero-order valence-corrected chi connectivity index (χ0v) is 19.2. The molecule has 0 aromatic heterocycles. The number of carbonyl (C=O) groups is 2. The van der Waals surface area contributed by atoms with Crippen molar-refractivity contribution in [2.75, 3.05) is 43.0 Å². The lowest BCUT2D eigenvalue weighted by Crippen LogP contribution is -2.50. The zero-order valence-electron chi connectivity index (χ0n) is 19.2. The summed E-state index contributed by atoms with van der Waals surface area (Å²) in [6.07, 6.45) is -0.296. The van der Waals surface area contributed by atoms with Crippen molar-refractivity contribution in [2.24, 2.45) is 4.99 Å². The SMILES string of the molecule is CC(C)(C)OC(=O)N1CCN(c2ccc3c(c2)NC(=O)[C@H](CO)N=C3c2ccccc2)CC1. The van der Waals surface area contributed by atoms with Crippen molar-refractivity contribution >= 4 is 29.1 Å². The number of amides is 2. The second-order valence-electron chi connectivity index (χ2n) is 9.22. The number of benzene rings is 2. The van der Waals surface area contributed by atoms with Crippen LogP contribution in [0.3, 0.4) is 0 Å². The number of aliphatic imine (C=N–C) groups is 1. The van der Waals surface area contributed by atoms with Crippen molar-refractivity contribution < 1.29 is 19.4 Å². The number of ether oxygens (including phenoxy) is 1. The van der Waals surface area contributed by atoms with Crippen LogP contribution >= 0.6 is 0 Å². The number of aliphatic hydroxyl groups excluding tert-OH is 1. The van der Waals surface area contributed by atoms with Gasteiger partial charge in [0.1, 0.15) is 5.60 Å². The zero-order chi connectivity index (χ0) is 23.6. The minimum atomic E-state index is -0.867. The number of benzodiazepines with no additional fused rings is 1. The Labute approximate surface area is 193 Å². The van der Waals surface area contributed by atoms with Crippen molar-refractivity contribution in [3.63, 3.8) is 0 Å². The van der Waals surface area contributed by atoms with E-state index < -0.39 is 11.6 Å². The largest absolute Gasteiger partial charge is 0.444 e. The third-order valence-corrected chi connectivity index (χ3v) is 5.62. The highest BCUT2D eigenvalue weighted by atomic mass is 16.6. The Morgan fingerprint density at radius 3 is 2.45 bits per heavy atom. The molecule has 1 atom stereocenters. The summed E-state index contributed by atoms with van der Waals surface area (Å²) in [6, 6.07) is 14.7. The van der Waals surface area contributed by atoms with Crippen LogP contribution in [0, 0.1) is 0 Å². The van der Waals surface area contributed by atoms with E-state index in [0.29, 0.717) is 37.6 Å². The van der Waals surface area contributed by atoms with Crippen LogP contribution in [0.1, 0.15) is 31.9 Å². The molecular weight excluding hydrogens is 420 g/mol. The summed E-state index contributed by atoms with van der Waals surface area (Å²) in [4.78, 5) is 33.5. The predicted octanol–water partition coefficient (Wildman–Crippen LogP) is 2.89. The molecule has 2 aliphatic rings. The number of piperazine rings is 1. The molecule has 2 amide bonds. The van der Waals surface area contributed by atoms with Crippen molar-refractivity contribution in [2.45, 2.75) is 32.4 Å². The van der Waals surface area contributed by atoms with Crippen LogP contribution in [0.5, 0.6) is 0 Å². The van der Waals surface area contributed by atoms with Gasteiger partial charge in [0.05, 0.1) is 18.0 Å². The number of hydrogen-bond donors (Lipinski definition) is 2. The average Bonchev–Trinajstić information content (AvgIpc) is 2.93. The molecule has 2 aliphatic heterocycles. The molecule has 0 unspecified atom stereocenters. The molecule has 174 valence electrons. The summed E-state index contributed by atoms with van der Waals surface area (Å²) in [5.41, 5.74) is 3.45. The highest BCUT2D eigenvalue weighted by molar-refractivity contribution is 6.20. The fraction of sp³-hybridized carbons (Fsp3) is 0.400. The molecule has 0 spiro atoms. The van der Waals surface area contributed by atoms with E-state index in [1.807, 2.05) is 69.3 Å². The molecule has 1 fully saturated rings. The normalized spacial score (nSPS) is 18.7. The van der Waals surface area contributed by atoms with Crippen LogP contribution < -0.4 is 10.2 Å². The molecule has 1 saturated heterocycles. The van der Waals surface area contributed by atoms with E-state index in [1.54, 1.807) is 4.90 Å². The standard InChI is InChI=1S/C25H30N4O4/c1-25(2,3)33-24(32)29-13-11-28(12-14-29)18-9-10-19-20(15-18)27-23(31)21(16-30)26-22(19)17-7-5-4-6-8-17/h4-10,15,21,30H,11-14,16H2,1-3H3,(H,27,31)/t21-/m0/s1. The number of nitrogens with one attached hydrogen (secondary N) is 1. The first kappa shape index (κ1) is 22.8. The summed E-state index contributed by atoms with van der Waals surface area (Å²) in [5, 5.41) is 12.6. The number of aliphatic hydroxyl groups is 1. The first-order chi connectivity index (χ1) is 15.7. The quantitative estimate of drug-likeness (QED) is 0.750. The van der Waals surface area contributed by atoms with Crippen LogP contribution in [0.25, 0.3) is 0 Å². The van der Waals surface area contributed by atoms with Gasteiger partial charge in [-0.25, -0.2) is 4.79 Å². The van der Waals surface area contributed by atoms with Crippen molar-refractivity contribution in [1.29, 1.82) is 0 Å². The predicted molar refractivity (Wildman–Crippen MR) is 128 cm³/mol. The first-order valence-electron chi connectivity index (χ1n) is 11.2. The molecule has 33 heavy (non-hydrogen) atoms. The van der Waals surface area contributed by atoms with E-state index in [1.165, 1.54) is 0 Å². The van der Waals surface area contributed by atoms with Crippen LogP contribution in [-0.2, 0) is 9.53 Å². The lowest BCUT2D eigenvalue weighted by Gasteiger charge is -2.37. The van der Waals surface area contributed by atoms with E-state index in [0.717, 1.165) is 16.8 Å². The van der Waals surface area contributed by atoms with Gasteiger partial charge in [-0.15, -0.1) is 0 Å². The van der Waals surface area contributed by atoms with Gasteiger partial charge in [-0.2, -0.15) is 0 Å². The molecule has 2 aromatic carbocycles. The topological polar surface area (TPSA) is 94.5 Å². The number of carbonyl (C=O) groups excluding carboxylic acids is 2. The summed E-state index contributed by atoms with van der Waals surface area (Å²) < 4.78 is 5.48. The average molecular weight is 451 g/mol. The van der Waals surface area contributed by atoms with Crippen molar-refractivity contribution in [3.8, 4) is 0 Å². The van der Waals surface area contributed by atoms with Gasteiger partial charge in [-0.3, -0.25) is 9.79 Å². The maximum atomic E-state index is 12.7. The monoisotopic (exact) mass is 450 g/mol. The summed E-state index contributed by atoms with van der Waals surface area (Å²) >= 11 is 0. The van der Waals surface area contributed by atoms with Crippen molar-refractivity contribution in [3.05, 3.63) is 59.7 Å². The molecular formula is C25H30N4O4. The van der Waals surface area contributed by atoms with Crippen LogP contribution in [-0.4, -0.2) is 72.1 Å².